The van der Waals surface area contributed by atoms with Crippen molar-refractivity contribution in [2.45, 2.75) is 0 Å². The minimum absolute atomic E-state index is 0.339. The Balaban J connectivity index is 1.45. The van der Waals surface area contributed by atoms with Crippen molar-refractivity contribution in [3.05, 3.63) is 0 Å². The van der Waals surface area contributed by atoms with Gasteiger partial charge in [-0.05, 0) is 0 Å². The molecule has 0 amide bonds. The fourth-order valence-electron chi connectivity index (χ4n) is 2.51. The molecule has 0 unspecified atom stereocenters. The maximum Gasteiger partial charge on any atom is 0.344 e. The van der Waals surface area contributed by atoms with Crippen LogP contribution in [0.4, 0.5) is 0 Å². The van der Waals surface area contributed by atoms with E-state index < -0.39 is 15.2 Å². The average molecular weight is 326 g/mol. The molecular formula is C10H20N2O6P2. The highest BCUT2D eigenvalue weighted by Gasteiger charge is 2.36. The highest BCUT2D eigenvalue weighted by molar-refractivity contribution is 7.54. The molecule has 0 N–H and O–H groups in total. The van der Waals surface area contributed by atoms with Gasteiger partial charge in [-0.1, -0.05) is 0 Å². The molecule has 3 aliphatic heterocycles. The first-order chi connectivity index (χ1) is 9.57. The highest BCUT2D eigenvalue weighted by Crippen LogP contribution is 2.53. The second-order valence-corrected chi connectivity index (χ2v) is 9.12. The van der Waals surface area contributed by atoms with E-state index in [-0.39, 0.29) is 0 Å². The van der Waals surface area contributed by atoms with Crippen LogP contribution in [0.5, 0.6) is 0 Å². The summed E-state index contributed by atoms with van der Waals surface area (Å²) in [6, 6.07) is 0. The molecule has 3 saturated heterocycles. The third kappa shape index (κ3) is 3.70. The zero-order valence-corrected chi connectivity index (χ0v) is 13.1. The lowest BCUT2D eigenvalue weighted by atomic mass is 10.4. The average Bonchev–Trinajstić information content (AvgIpc) is 3.02. The van der Waals surface area contributed by atoms with Crippen LogP contribution in [0.3, 0.4) is 0 Å². The molecule has 8 nitrogen and oxygen atoms in total. The van der Waals surface area contributed by atoms with E-state index in [9.17, 15) is 9.13 Å². The first kappa shape index (κ1) is 15.1. The molecule has 3 rings (SSSR count). The number of hydrogen-bond acceptors (Lipinski definition) is 8. The summed E-state index contributed by atoms with van der Waals surface area (Å²) < 4.78 is 45.0. The molecule has 0 atom stereocenters. The van der Waals surface area contributed by atoms with Crippen LogP contribution in [0, 0.1) is 0 Å². The van der Waals surface area contributed by atoms with Crippen LogP contribution < -0.4 is 0 Å². The molecule has 0 saturated carbocycles. The molecule has 3 heterocycles. The Hall–Kier alpha value is 0.220. The van der Waals surface area contributed by atoms with E-state index in [2.05, 4.69) is 9.80 Å². The zero-order chi connectivity index (χ0) is 14.1. The molecule has 0 spiro atoms. The van der Waals surface area contributed by atoms with E-state index >= 15 is 0 Å². The van der Waals surface area contributed by atoms with Crippen molar-refractivity contribution in [2.24, 2.45) is 0 Å². The van der Waals surface area contributed by atoms with E-state index in [1.807, 2.05) is 0 Å². The lowest BCUT2D eigenvalue weighted by Crippen LogP contribution is -2.46. The molecule has 0 bridgehead atoms. The lowest BCUT2D eigenvalue weighted by Gasteiger charge is -2.35. The van der Waals surface area contributed by atoms with Crippen molar-refractivity contribution >= 4 is 15.2 Å². The van der Waals surface area contributed by atoms with E-state index in [1.54, 1.807) is 0 Å². The van der Waals surface area contributed by atoms with Crippen molar-refractivity contribution in [3.8, 4) is 0 Å². The Bertz CT molecular complexity index is 379. The molecule has 0 aromatic carbocycles. The molecular weight excluding hydrogens is 306 g/mol. The Kier molecular flexibility index (Phi) is 4.65. The summed E-state index contributed by atoms with van der Waals surface area (Å²) in [6.07, 6.45) is 0.678. The van der Waals surface area contributed by atoms with Crippen LogP contribution in [0.15, 0.2) is 0 Å². The van der Waals surface area contributed by atoms with Crippen molar-refractivity contribution in [3.63, 3.8) is 0 Å². The normalized spacial score (nSPS) is 30.8. The maximum atomic E-state index is 12.1. The van der Waals surface area contributed by atoms with Gasteiger partial charge in [0.05, 0.1) is 26.4 Å². The maximum absolute atomic E-state index is 12.1. The van der Waals surface area contributed by atoms with Gasteiger partial charge in [0.2, 0.25) is 0 Å². The first-order valence-electron chi connectivity index (χ1n) is 6.78. The molecule has 0 aromatic rings. The Morgan fingerprint density at radius 1 is 0.650 bits per heavy atom. The first-order valence-corrected chi connectivity index (χ1v) is 10.2. The predicted octanol–water partition coefficient (Wildman–Crippen LogP) is 0.999. The van der Waals surface area contributed by atoms with Crippen LogP contribution >= 0.6 is 15.2 Å². The summed E-state index contributed by atoms with van der Waals surface area (Å²) >= 11 is 0. The van der Waals surface area contributed by atoms with Gasteiger partial charge in [-0.2, -0.15) is 0 Å². The van der Waals surface area contributed by atoms with Crippen molar-refractivity contribution < 1.29 is 27.2 Å². The molecule has 0 aromatic heterocycles. The van der Waals surface area contributed by atoms with Gasteiger partial charge in [-0.3, -0.25) is 18.9 Å². The topological polar surface area (TPSA) is 77.5 Å². The summed E-state index contributed by atoms with van der Waals surface area (Å²) in [5, 5.41) is 0. The standard InChI is InChI=1S/C10H20N2O6P2/c13-19(15-5-6-16-19)9-11-1-2-12(4-3-11)10-20(14)17-7-8-18-20/h1-10H2. The van der Waals surface area contributed by atoms with Gasteiger partial charge < -0.3 is 18.1 Å². The lowest BCUT2D eigenvalue weighted by molar-refractivity contribution is 0.149. The van der Waals surface area contributed by atoms with Crippen LogP contribution in [0.1, 0.15) is 0 Å². The SMILES string of the molecule is O=P1(CN2CCN(CP3(=O)OCCO3)CC2)OCCO1. The van der Waals surface area contributed by atoms with Crippen molar-refractivity contribution in [2.75, 3.05) is 65.2 Å². The number of piperazine rings is 1. The summed E-state index contributed by atoms with van der Waals surface area (Å²) in [5.41, 5.74) is 0. The number of nitrogens with zero attached hydrogens (tertiary/aromatic N) is 2. The van der Waals surface area contributed by atoms with E-state index in [0.717, 1.165) is 26.2 Å². The van der Waals surface area contributed by atoms with E-state index in [4.69, 9.17) is 18.1 Å². The fourth-order valence-corrected chi connectivity index (χ4v) is 5.94. The second kappa shape index (κ2) is 6.15. The fraction of sp³-hybridized carbons (Fsp3) is 1.00. The van der Waals surface area contributed by atoms with Gasteiger partial charge in [0, 0.05) is 26.2 Å². The smallest absolute Gasteiger partial charge is 0.305 e. The Morgan fingerprint density at radius 2 is 0.950 bits per heavy atom. The minimum Gasteiger partial charge on any atom is -0.305 e. The molecule has 116 valence electrons. The van der Waals surface area contributed by atoms with Crippen LogP contribution in [-0.2, 0) is 27.2 Å². The summed E-state index contributed by atoms with van der Waals surface area (Å²) in [4.78, 5) is 4.13. The van der Waals surface area contributed by atoms with Crippen LogP contribution in [-0.4, -0.2) is 75.0 Å². The van der Waals surface area contributed by atoms with Gasteiger partial charge in [0.15, 0.2) is 0 Å². The molecule has 20 heavy (non-hydrogen) atoms. The highest BCUT2D eigenvalue weighted by atomic mass is 31.2. The monoisotopic (exact) mass is 326 g/mol. The third-order valence-corrected chi connectivity index (χ3v) is 7.33. The summed E-state index contributed by atoms with van der Waals surface area (Å²) in [7, 11) is -5.80. The van der Waals surface area contributed by atoms with Gasteiger partial charge in [-0.25, -0.2) is 0 Å². The van der Waals surface area contributed by atoms with Crippen molar-refractivity contribution in [1.29, 1.82) is 0 Å². The van der Waals surface area contributed by atoms with Crippen LogP contribution in [0.25, 0.3) is 0 Å². The Labute approximate surface area is 118 Å². The van der Waals surface area contributed by atoms with Crippen molar-refractivity contribution in [1.82, 2.24) is 9.80 Å². The van der Waals surface area contributed by atoms with Gasteiger partial charge >= 0.3 is 15.2 Å². The van der Waals surface area contributed by atoms with E-state index in [0.29, 0.717) is 39.0 Å². The Morgan fingerprint density at radius 3 is 1.25 bits per heavy atom. The zero-order valence-electron chi connectivity index (χ0n) is 11.3. The molecule has 0 aliphatic carbocycles. The number of rotatable bonds is 4. The summed E-state index contributed by atoms with van der Waals surface area (Å²) in [5.74, 6) is 0. The second-order valence-electron chi connectivity index (χ2n) is 5.07. The molecule has 3 fully saturated rings. The van der Waals surface area contributed by atoms with Crippen LogP contribution in [0.2, 0.25) is 0 Å². The number of hydrogen-bond donors (Lipinski definition) is 0. The quantitative estimate of drug-likeness (QED) is 0.708. The minimum atomic E-state index is -2.90. The van der Waals surface area contributed by atoms with Gasteiger partial charge in [0.1, 0.15) is 12.6 Å². The van der Waals surface area contributed by atoms with E-state index in [1.165, 1.54) is 0 Å². The molecule has 10 heteroatoms. The third-order valence-electron chi connectivity index (χ3n) is 3.53. The van der Waals surface area contributed by atoms with Gasteiger partial charge in [-0.15, -0.1) is 0 Å². The summed E-state index contributed by atoms with van der Waals surface area (Å²) in [6.45, 7) is 4.63. The van der Waals surface area contributed by atoms with Gasteiger partial charge in [0.25, 0.3) is 0 Å². The largest absolute Gasteiger partial charge is 0.344 e. The predicted molar refractivity (Wildman–Crippen MR) is 71.9 cm³/mol. The molecule has 0 radical (unpaired) electrons. The molecule has 3 aliphatic rings.